The maximum atomic E-state index is 13.1. The number of nitrogens with one attached hydrogen (secondary N) is 1. The lowest BCUT2D eigenvalue weighted by atomic mass is 10.2. The Morgan fingerprint density at radius 2 is 2.04 bits per heavy atom. The number of ether oxygens (including phenoxy) is 1. The molecule has 2 aromatic rings. The normalized spacial score (nSPS) is 14.0. The highest BCUT2D eigenvalue weighted by Crippen LogP contribution is 2.22. The summed E-state index contributed by atoms with van der Waals surface area (Å²) in [4.78, 5) is 13.5. The molecule has 2 aromatic carbocycles. The Labute approximate surface area is 164 Å². The van der Waals surface area contributed by atoms with Gasteiger partial charge in [-0.2, -0.15) is 0 Å². The van der Waals surface area contributed by atoms with Gasteiger partial charge in [-0.05, 0) is 37.6 Å². The van der Waals surface area contributed by atoms with Crippen molar-refractivity contribution in [2.45, 2.75) is 32.4 Å². The molecule has 0 atom stereocenters. The van der Waals surface area contributed by atoms with Crippen LogP contribution in [0.15, 0.2) is 42.5 Å². The molecule has 0 aromatic heterocycles. The van der Waals surface area contributed by atoms with E-state index in [9.17, 15) is 9.18 Å². The average molecular weight is 391 g/mol. The summed E-state index contributed by atoms with van der Waals surface area (Å²) in [6.07, 6.45) is 2.60. The van der Waals surface area contributed by atoms with Gasteiger partial charge in [-0.25, -0.2) is 4.39 Å². The number of para-hydroxylation sites is 1. The van der Waals surface area contributed by atoms with E-state index in [0.717, 1.165) is 49.4 Å². The fourth-order valence-corrected chi connectivity index (χ4v) is 3.37. The first-order valence-corrected chi connectivity index (χ1v) is 9.64. The molecule has 0 unspecified atom stereocenters. The Bertz CT molecular complexity index is 785. The van der Waals surface area contributed by atoms with Crippen LogP contribution in [0.5, 0.6) is 5.75 Å². The van der Waals surface area contributed by atoms with Crippen LogP contribution < -0.4 is 10.1 Å². The van der Waals surface area contributed by atoms with Crippen molar-refractivity contribution >= 4 is 17.5 Å². The van der Waals surface area contributed by atoms with Crippen LogP contribution in [0.4, 0.5) is 4.39 Å². The first-order valence-electron chi connectivity index (χ1n) is 9.26. The van der Waals surface area contributed by atoms with Gasteiger partial charge in [-0.3, -0.25) is 4.79 Å². The highest BCUT2D eigenvalue weighted by Gasteiger charge is 2.18. The van der Waals surface area contributed by atoms with Gasteiger partial charge in [-0.1, -0.05) is 35.9 Å². The van der Waals surface area contributed by atoms with Gasteiger partial charge >= 0.3 is 0 Å². The largest absolute Gasteiger partial charge is 0.489 e. The molecule has 0 spiro atoms. The highest BCUT2D eigenvalue weighted by molar-refractivity contribution is 6.31. The molecule has 4 nitrogen and oxygen atoms in total. The number of rotatable bonds is 9. The molecular formula is C21H24ClFN2O2. The van der Waals surface area contributed by atoms with Gasteiger partial charge in [0.15, 0.2) is 0 Å². The molecule has 1 saturated heterocycles. The Hall–Kier alpha value is -2.11. The number of carbonyl (C=O) groups is 1. The van der Waals surface area contributed by atoms with Gasteiger partial charge in [0.1, 0.15) is 18.2 Å². The standard InChI is InChI=1S/C21H24ClFN2O2/c22-19-13-18(23)9-8-17(19)15-27-20-6-2-1-5-16(20)14-24-10-4-12-25-11-3-7-21(25)26/h1-2,5-6,8-9,13,24H,3-4,7,10-12,14-15H2. The molecule has 1 N–H and O–H groups in total. The van der Waals surface area contributed by atoms with E-state index in [1.165, 1.54) is 12.1 Å². The summed E-state index contributed by atoms with van der Waals surface area (Å²) in [5, 5.41) is 3.77. The van der Waals surface area contributed by atoms with E-state index in [2.05, 4.69) is 5.32 Å². The third-order valence-electron chi connectivity index (χ3n) is 4.64. The summed E-state index contributed by atoms with van der Waals surface area (Å²) in [6, 6.07) is 12.1. The number of nitrogens with zero attached hydrogens (tertiary/aromatic N) is 1. The molecule has 0 radical (unpaired) electrons. The molecule has 0 saturated carbocycles. The Balaban J connectivity index is 1.46. The Morgan fingerprint density at radius 1 is 1.19 bits per heavy atom. The van der Waals surface area contributed by atoms with Crippen molar-refractivity contribution in [1.82, 2.24) is 10.2 Å². The molecule has 1 aliphatic rings. The molecule has 144 valence electrons. The van der Waals surface area contributed by atoms with Crippen molar-refractivity contribution in [2.75, 3.05) is 19.6 Å². The fraction of sp³-hybridized carbons (Fsp3) is 0.381. The van der Waals surface area contributed by atoms with Gasteiger partial charge in [0.2, 0.25) is 5.91 Å². The zero-order valence-electron chi connectivity index (χ0n) is 15.2. The van der Waals surface area contributed by atoms with Crippen LogP contribution in [-0.4, -0.2) is 30.4 Å². The second kappa shape index (κ2) is 9.72. The molecule has 0 aliphatic carbocycles. The number of halogens is 2. The predicted octanol–water partition coefficient (Wildman–Crippen LogP) is 4.16. The lowest BCUT2D eigenvalue weighted by Crippen LogP contribution is -2.28. The molecule has 6 heteroatoms. The number of hydrogen-bond acceptors (Lipinski definition) is 3. The van der Waals surface area contributed by atoms with Crippen molar-refractivity contribution in [1.29, 1.82) is 0 Å². The monoisotopic (exact) mass is 390 g/mol. The van der Waals surface area contributed by atoms with Crippen LogP contribution in [-0.2, 0) is 17.9 Å². The van der Waals surface area contributed by atoms with Crippen LogP contribution >= 0.6 is 11.6 Å². The second-order valence-electron chi connectivity index (χ2n) is 6.65. The summed E-state index contributed by atoms with van der Waals surface area (Å²) < 4.78 is 19.0. The van der Waals surface area contributed by atoms with E-state index in [1.54, 1.807) is 6.07 Å². The van der Waals surface area contributed by atoms with Crippen LogP contribution in [0.25, 0.3) is 0 Å². The molecule has 3 rings (SSSR count). The Morgan fingerprint density at radius 3 is 2.81 bits per heavy atom. The van der Waals surface area contributed by atoms with Crippen LogP contribution in [0.1, 0.15) is 30.4 Å². The third-order valence-corrected chi connectivity index (χ3v) is 4.99. The fourth-order valence-electron chi connectivity index (χ4n) is 3.14. The molecule has 27 heavy (non-hydrogen) atoms. The first kappa shape index (κ1) is 19.6. The van der Waals surface area contributed by atoms with Crippen molar-refractivity contribution in [2.24, 2.45) is 0 Å². The lowest BCUT2D eigenvalue weighted by Gasteiger charge is -2.16. The summed E-state index contributed by atoms with van der Waals surface area (Å²) in [5.41, 5.74) is 1.80. The second-order valence-corrected chi connectivity index (χ2v) is 7.05. The summed E-state index contributed by atoms with van der Waals surface area (Å²) in [5.74, 6) is 0.692. The first-order chi connectivity index (χ1) is 13.1. The van der Waals surface area contributed by atoms with Gasteiger partial charge in [0, 0.05) is 37.2 Å². The maximum absolute atomic E-state index is 13.1. The van der Waals surface area contributed by atoms with Crippen LogP contribution in [0, 0.1) is 5.82 Å². The molecular weight excluding hydrogens is 367 g/mol. The smallest absolute Gasteiger partial charge is 0.222 e. The lowest BCUT2D eigenvalue weighted by molar-refractivity contribution is -0.127. The summed E-state index contributed by atoms with van der Waals surface area (Å²) in [6.45, 7) is 3.50. The van der Waals surface area contributed by atoms with Gasteiger partial charge in [0.25, 0.3) is 0 Å². The predicted molar refractivity (Wildman–Crippen MR) is 104 cm³/mol. The number of carbonyl (C=O) groups excluding carboxylic acids is 1. The SMILES string of the molecule is O=C1CCCN1CCCNCc1ccccc1OCc1ccc(F)cc1Cl. The van der Waals surface area contributed by atoms with E-state index in [1.807, 2.05) is 29.2 Å². The minimum absolute atomic E-state index is 0.271. The summed E-state index contributed by atoms with van der Waals surface area (Å²) >= 11 is 6.06. The molecule has 1 aliphatic heterocycles. The highest BCUT2D eigenvalue weighted by atomic mass is 35.5. The maximum Gasteiger partial charge on any atom is 0.222 e. The van der Waals surface area contributed by atoms with Crippen molar-refractivity contribution < 1.29 is 13.9 Å². The van der Waals surface area contributed by atoms with Gasteiger partial charge in [0.05, 0.1) is 5.02 Å². The van der Waals surface area contributed by atoms with E-state index in [0.29, 0.717) is 18.0 Å². The minimum Gasteiger partial charge on any atom is -0.489 e. The van der Waals surface area contributed by atoms with Crippen LogP contribution in [0.3, 0.4) is 0 Å². The van der Waals surface area contributed by atoms with E-state index >= 15 is 0 Å². The van der Waals surface area contributed by atoms with Crippen LogP contribution in [0.2, 0.25) is 5.02 Å². The molecule has 1 amide bonds. The molecule has 1 heterocycles. The van der Waals surface area contributed by atoms with Crippen molar-refractivity contribution in [3.05, 3.63) is 64.4 Å². The minimum atomic E-state index is -0.357. The molecule has 1 fully saturated rings. The zero-order valence-corrected chi connectivity index (χ0v) is 16.0. The molecule has 0 bridgehead atoms. The zero-order chi connectivity index (χ0) is 19.1. The van der Waals surface area contributed by atoms with Crippen molar-refractivity contribution in [3.63, 3.8) is 0 Å². The average Bonchev–Trinajstić information content (AvgIpc) is 3.06. The topological polar surface area (TPSA) is 41.6 Å². The van der Waals surface area contributed by atoms with Crippen molar-refractivity contribution in [3.8, 4) is 5.75 Å². The third kappa shape index (κ3) is 5.68. The number of amides is 1. The van der Waals surface area contributed by atoms with E-state index < -0.39 is 0 Å². The number of hydrogen-bond donors (Lipinski definition) is 1. The van der Waals surface area contributed by atoms with E-state index in [4.69, 9.17) is 16.3 Å². The number of benzene rings is 2. The Kier molecular flexibility index (Phi) is 7.07. The quantitative estimate of drug-likeness (QED) is 0.654. The van der Waals surface area contributed by atoms with E-state index in [-0.39, 0.29) is 18.3 Å². The van der Waals surface area contributed by atoms with Gasteiger partial charge in [-0.15, -0.1) is 0 Å². The summed E-state index contributed by atoms with van der Waals surface area (Å²) in [7, 11) is 0. The van der Waals surface area contributed by atoms with Gasteiger partial charge < -0.3 is 15.0 Å². The number of likely N-dealkylation sites (tertiary alicyclic amines) is 1.